The quantitative estimate of drug-likeness (QED) is 0.801. The Bertz CT molecular complexity index is 402. The molecule has 0 unspecified atom stereocenters. The van der Waals surface area contributed by atoms with Gasteiger partial charge < -0.3 is 10.2 Å². The third-order valence-corrected chi connectivity index (χ3v) is 3.90. The number of halogens is 1. The molecule has 1 heterocycles. The predicted molar refractivity (Wildman–Crippen MR) is 76.9 cm³/mol. The highest BCUT2D eigenvalue weighted by Gasteiger charge is 2.23. The van der Waals surface area contributed by atoms with E-state index in [2.05, 4.69) is 17.2 Å². The van der Waals surface area contributed by atoms with E-state index in [4.69, 9.17) is 0 Å². The minimum atomic E-state index is -0.166. The van der Waals surface area contributed by atoms with Gasteiger partial charge in [0.15, 0.2) is 11.6 Å². The van der Waals surface area contributed by atoms with E-state index in [1.54, 1.807) is 12.3 Å². The number of nitrogens with one attached hydrogen (secondary N) is 1. The molecule has 3 nitrogen and oxygen atoms in total. The molecule has 0 radical (unpaired) electrons. The molecule has 0 aliphatic heterocycles. The zero-order valence-corrected chi connectivity index (χ0v) is 12.0. The van der Waals surface area contributed by atoms with Crippen LogP contribution in [0.1, 0.15) is 44.6 Å². The lowest BCUT2D eigenvalue weighted by Crippen LogP contribution is -2.31. The van der Waals surface area contributed by atoms with Crippen LogP contribution in [-0.4, -0.2) is 24.6 Å². The van der Waals surface area contributed by atoms with Crippen molar-refractivity contribution >= 4 is 5.82 Å². The number of anilines is 1. The highest BCUT2D eigenvalue weighted by Crippen LogP contribution is 2.28. The van der Waals surface area contributed by atoms with E-state index < -0.39 is 0 Å². The highest BCUT2D eigenvalue weighted by atomic mass is 19.1. The maximum absolute atomic E-state index is 14.5. The number of rotatable bonds is 6. The largest absolute Gasteiger partial charge is 0.354 e. The molecular weight excluding hydrogens is 241 g/mol. The topological polar surface area (TPSA) is 28.2 Å². The Kier molecular flexibility index (Phi) is 5.14. The molecule has 1 aromatic heterocycles. The molecule has 4 heteroatoms. The first-order valence-electron chi connectivity index (χ1n) is 7.31. The van der Waals surface area contributed by atoms with Gasteiger partial charge in [0, 0.05) is 31.4 Å². The smallest absolute Gasteiger partial charge is 0.170 e. The van der Waals surface area contributed by atoms with Gasteiger partial charge >= 0.3 is 0 Å². The molecule has 0 spiro atoms. The lowest BCUT2D eigenvalue weighted by atomic mass is 10.2. The highest BCUT2D eigenvalue weighted by molar-refractivity contribution is 5.43. The van der Waals surface area contributed by atoms with Crippen LogP contribution in [-0.2, 0) is 6.54 Å². The molecule has 0 amide bonds. The van der Waals surface area contributed by atoms with Crippen molar-refractivity contribution in [1.82, 2.24) is 10.3 Å². The summed E-state index contributed by atoms with van der Waals surface area (Å²) < 4.78 is 14.5. The van der Waals surface area contributed by atoms with Gasteiger partial charge in [-0.1, -0.05) is 19.8 Å². The van der Waals surface area contributed by atoms with Gasteiger partial charge in [0.25, 0.3) is 0 Å². The second-order valence-corrected chi connectivity index (χ2v) is 5.33. The summed E-state index contributed by atoms with van der Waals surface area (Å²) in [6, 6.07) is 2.21. The van der Waals surface area contributed by atoms with Crippen molar-refractivity contribution in [3.63, 3.8) is 0 Å². The summed E-state index contributed by atoms with van der Waals surface area (Å²) in [5, 5.41) is 3.24. The third kappa shape index (κ3) is 3.44. The summed E-state index contributed by atoms with van der Waals surface area (Å²) in [6.07, 6.45) is 7.56. The number of hydrogen-bond donors (Lipinski definition) is 1. The van der Waals surface area contributed by atoms with E-state index in [0.717, 1.165) is 25.8 Å². The van der Waals surface area contributed by atoms with Gasteiger partial charge in [-0.25, -0.2) is 9.37 Å². The molecule has 1 fully saturated rings. The Labute approximate surface area is 115 Å². The lowest BCUT2D eigenvalue weighted by molar-refractivity contribution is 0.561. The molecular formula is C15H24FN3. The Morgan fingerprint density at radius 3 is 2.84 bits per heavy atom. The van der Waals surface area contributed by atoms with Crippen LogP contribution in [0.15, 0.2) is 12.3 Å². The monoisotopic (exact) mass is 265 g/mol. The number of pyridine rings is 1. The molecule has 0 bridgehead atoms. The van der Waals surface area contributed by atoms with Crippen molar-refractivity contribution < 1.29 is 4.39 Å². The van der Waals surface area contributed by atoms with E-state index in [0.29, 0.717) is 24.0 Å². The normalized spacial score (nSPS) is 15.9. The summed E-state index contributed by atoms with van der Waals surface area (Å²) >= 11 is 0. The summed E-state index contributed by atoms with van der Waals surface area (Å²) in [4.78, 5) is 6.25. The van der Waals surface area contributed by atoms with Crippen LogP contribution in [0.25, 0.3) is 0 Å². The first-order valence-corrected chi connectivity index (χ1v) is 7.31. The van der Waals surface area contributed by atoms with Crippen molar-refractivity contribution in [1.29, 1.82) is 0 Å². The first kappa shape index (κ1) is 14.3. The van der Waals surface area contributed by atoms with Crippen molar-refractivity contribution in [3.05, 3.63) is 23.6 Å². The fourth-order valence-electron chi connectivity index (χ4n) is 2.72. The molecule has 1 aromatic rings. The van der Waals surface area contributed by atoms with E-state index in [1.165, 1.54) is 12.8 Å². The van der Waals surface area contributed by atoms with Crippen LogP contribution in [0.2, 0.25) is 0 Å². The fourth-order valence-corrected chi connectivity index (χ4v) is 2.72. The van der Waals surface area contributed by atoms with Crippen molar-refractivity contribution in [3.8, 4) is 0 Å². The summed E-state index contributed by atoms with van der Waals surface area (Å²) in [5.74, 6) is 0.336. The number of hydrogen-bond acceptors (Lipinski definition) is 3. The van der Waals surface area contributed by atoms with Gasteiger partial charge in [0.05, 0.1) is 0 Å². The van der Waals surface area contributed by atoms with Crippen LogP contribution in [0, 0.1) is 5.82 Å². The maximum atomic E-state index is 14.5. The minimum Gasteiger partial charge on any atom is -0.354 e. The van der Waals surface area contributed by atoms with Crippen LogP contribution in [0.3, 0.4) is 0 Å². The Morgan fingerprint density at radius 2 is 2.16 bits per heavy atom. The molecule has 0 aromatic carbocycles. The van der Waals surface area contributed by atoms with Gasteiger partial charge in [0.2, 0.25) is 0 Å². The first-order chi connectivity index (χ1) is 9.24. The fraction of sp³-hybridized carbons (Fsp3) is 0.667. The van der Waals surface area contributed by atoms with Crippen LogP contribution in [0.5, 0.6) is 0 Å². The summed E-state index contributed by atoms with van der Waals surface area (Å²) in [5.41, 5.74) is 0.711. The Morgan fingerprint density at radius 1 is 1.42 bits per heavy atom. The number of nitrogens with zero attached hydrogens (tertiary/aromatic N) is 2. The number of aromatic nitrogens is 1. The van der Waals surface area contributed by atoms with Crippen molar-refractivity contribution in [2.45, 2.75) is 51.6 Å². The molecule has 1 N–H and O–H groups in total. The second-order valence-electron chi connectivity index (χ2n) is 5.33. The minimum absolute atomic E-state index is 0.166. The standard InChI is InChI=1S/C15H24FN3/c1-3-9-17-11-12-8-10-18-15(14(12)16)19(2)13-6-4-5-7-13/h8,10,13,17H,3-7,9,11H2,1-2H3. The molecule has 0 saturated heterocycles. The molecule has 106 valence electrons. The molecule has 1 aliphatic carbocycles. The van der Waals surface area contributed by atoms with Gasteiger partial charge in [-0.05, 0) is 31.9 Å². The molecule has 1 saturated carbocycles. The lowest BCUT2D eigenvalue weighted by Gasteiger charge is -2.26. The van der Waals surface area contributed by atoms with Gasteiger partial charge in [-0.15, -0.1) is 0 Å². The van der Waals surface area contributed by atoms with Crippen molar-refractivity contribution in [2.24, 2.45) is 0 Å². The summed E-state index contributed by atoms with van der Waals surface area (Å²) in [6.45, 7) is 3.60. The summed E-state index contributed by atoms with van der Waals surface area (Å²) in [7, 11) is 1.96. The average Bonchev–Trinajstić information content (AvgIpc) is 2.94. The van der Waals surface area contributed by atoms with Crippen LogP contribution < -0.4 is 10.2 Å². The van der Waals surface area contributed by atoms with Crippen LogP contribution >= 0.6 is 0 Å². The third-order valence-electron chi connectivity index (χ3n) is 3.90. The Hall–Kier alpha value is -1.16. The van der Waals surface area contributed by atoms with E-state index >= 15 is 0 Å². The van der Waals surface area contributed by atoms with E-state index in [-0.39, 0.29) is 5.82 Å². The average molecular weight is 265 g/mol. The van der Waals surface area contributed by atoms with Gasteiger partial charge in [0.1, 0.15) is 0 Å². The van der Waals surface area contributed by atoms with Gasteiger partial charge in [-0.3, -0.25) is 0 Å². The van der Waals surface area contributed by atoms with E-state index in [9.17, 15) is 4.39 Å². The molecule has 0 atom stereocenters. The zero-order chi connectivity index (χ0) is 13.7. The molecule has 19 heavy (non-hydrogen) atoms. The van der Waals surface area contributed by atoms with E-state index in [1.807, 2.05) is 11.9 Å². The second kappa shape index (κ2) is 6.85. The van der Waals surface area contributed by atoms with Crippen LogP contribution in [0.4, 0.5) is 10.2 Å². The van der Waals surface area contributed by atoms with Gasteiger partial charge in [-0.2, -0.15) is 0 Å². The zero-order valence-electron chi connectivity index (χ0n) is 12.0. The Balaban J connectivity index is 2.09. The predicted octanol–water partition coefficient (Wildman–Crippen LogP) is 3.10. The maximum Gasteiger partial charge on any atom is 0.170 e. The molecule has 1 aliphatic rings. The molecule has 2 rings (SSSR count). The SMILES string of the molecule is CCCNCc1ccnc(N(C)C2CCCC2)c1F. The van der Waals surface area contributed by atoms with Crippen molar-refractivity contribution in [2.75, 3.05) is 18.5 Å².